The number of aliphatic imine (C=N–C) groups is 1. The third-order valence-electron chi connectivity index (χ3n) is 4.62. The van der Waals surface area contributed by atoms with Crippen LogP contribution in [-0.2, 0) is 17.8 Å². The van der Waals surface area contributed by atoms with E-state index in [2.05, 4.69) is 40.2 Å². The zero-order chi connectivity index (χ0) is 18.8. The van der Waals surface area contributed by atoms with Gasteiger partial charge in [-0.3, -0.25) is 4.79 Å². The Morgan fingerprint density at radius 2 is 2.31 bits per heavy atom. The molecule has 0 unspecified atom stereocenters. The molecule has 0 aliphatic carbocycles. The number of hydrogen-bond acceptors (Lipinski definition) is 3. The standard InChI is InChI=1S/C20H32N4OS/c1-4-6-7-8-9-12-23(3)20(21-5-2)22-15-19(25)24-13-10-18-17(16-24)11-14-26-18/h4,11,14H,1,5-10,12-13,15-16H2,2-3H3,(H,21,22). The highest BCUT2D eigenvalue weighted by molar-refractivity contribution is 7.10. The van der Waals surface area contributed by atoms with Gasteiger partial charge in [-0.15, -0.1) is 17.9 Å². The maximum atomic E-state index is 12.6. The van der Waals surface area contributed by atoms with Gasteiger partial charge in [0.2, 0.25) is 5.91 Å². The average Bonchev–Trinajstić information content (AvgIpc) is 3.12. The average molecular weight is 377 g/mol. The molecule has 1 aliphatic heterocycles. The van der Waals surface area contributed by atoms with Crippen molar-refractivity contribution in [2.45, 2.75) is 45.6 Å². The first-order valence-corrected chi connectivity index (χ1v) is 10.5. The Balaban J connectivity index is 1.83. The summed E-state index contributed by atoms with van der Waals surface area (Å²) in [5.74, 6) is 0.925. The lowest BCUT2D eigenvalue weighted by atomic mass is 10.1. The van der Waals surface area contributed by atoms with Crippen molar-refractivity contribution in [1.82, 2.24) is 15.1 Å². The van der Waals surface area contributed by atoms with Gasteiger partial charge in [-0.05, 0) is 49.6 Å². The lowest BCUT2D eigenvalue weighted by Gasteiger charge is -2.27. The summed E-state index contributed by atoms with van der Waals surface area (Å²) in [6.45, 7) is 9.30. The van der Waals surface area contributed by atoms with Gasteiger partial charge in [-0.1, -0.05) is 12.5 Å². The van der Waals surface area contributed by atoms with E-state index in [1.54, 1.807) is 11.3 Å². The summed E-state index contributed by atoms with van der Waals surface area (Å²) in [6.07, 6.45) is 7.51. The Labute approximate surface area is 161 Å². The molecule has 1 aromatic rings. The van der Waals surface area contributed by atoms with E-state index in [-0.39, 0.29) is 12.5 Å². The molecular weight excluding hydrogens is 344 g/mol. The summed E-state index contributed by atoms with van der Waals surface area (Å²) in [5.41, 5.74) is 1.29. The fraction of sp³-hybridized carbons (Fsp3) is 0.600. The van der Waals surface area contributed by atoms with Crippen LogP contribution in [0.4, 0.5) is 0 Å². The van der Waals surface area contributed by atoms with Crippen molar-refractivity contribution in [1.29, 1.82) is 0 Å². The van der Waals surface area contributed by atoms with Gasteiger partial charge < -0.3 is 15.1 Å². The molecule has 144 valence electrons. The van der Waals surface area contributed by atoms with Crippen LogP contribution in [0, 0.1) is 0 Å². The number of hydrogen-bond donors (Lipinski definition) is 1. The number of unbranched alkanes of at least 4 members (excludes halogenated alkanes) is 3. The molecule has 26 heavy (non-hydrogen) atoms. The lowest BCUT2D eigenvalue weighted by Crippen LogP contribution is -2.41. The first kappa shape index (κ1) is 20.5. The van der Waals surface area contributed by atoms with E-state index in [0.717, 1.165) is 51.4 Å². The summed E-state index contributed by atoms with van der Waals surface area (Å²) in [7, 11) is 2.04. The van der Waals surface area contributed by atoms with E-state index in [1.807, 2.05) is 18.0 Å². The predicted octanol–water partition coefficient (Wildman–Crippen LogP) is 3.28. The summed E-state index contributed by atoms with van der Waals surface area (Å²) in [6, 6.07) is 2.13. The molecule has 1 aromatic heterocycles. The minimum atomic E-state index is 0.108. The zero-order valence-corrected chi connectivity index (χ0v) is 17.0. The van der Waals surface area contributed by atoms with Crippen molar-refractivity contribution < 1.29 is 4.79 Å². The van der Waals surface area contributed by atoms with Crippen LogP contribution in [0.15, 0.2) is 29.1 Å². The van der Waals surface area contributed by atoms with Gasteiger partial charge in [0.15, 0.2) is 5.96 Å². The quantitative estimate of drug-likeness (QED) is 0.311. The van der Waals surface area contributed by atoms with Gasteiger partial charge in [0.05, 0.1) is 0 Å². The number of nitrogens with one attached hydrogen (secondary N) is 1. The first-order valence-electron chi connectivity index (χ1n) is 9.59. The van der Waals surface area contributed by atoms with Crippen LogP contribution in [0.2, 0.25) is 0 Å². The van der Waals surface area contributed by atoms with E-state index in [1.165, 1.54) is 23.3 Å². The summed E-state index contributed by atoms with van der Waals surface area (Å²) < 4.78 is 0. The molecule has 1 N–H and O–H groups in total. The fourth-order valence-electron chi connectivity index (χ4n) is 3.09. The topological polar surface area (TPSA) is 47.9 Å². The highest BCUT2D eigenvalue weighted by atomic mass is 32.1. The predicted molar refractivity (Wildman–Crippen MR) is 111 cm³/mol. The molecule has 0 radical (unpaired) electrons. The lowest BCUT2D eigenvalue weighted by molar-refractivity contribution is -0.130. The number of nitrogens with zero attached hydrogens (tertiary/aromatic N) is 3. The van der Waals surface area contributed by atoms with E-state index >= 15 is 0 Å². The van der Waals surface area contributed by atoms with Gasteiger partial charge in [-0.2, -0.15) is 0 Å². The summed E-state index contributed by atoms with van der Waals surface area (Å²) in [4.78, 5) is 22.6. The SMILES string of the molecule is C=CCCCCCN(C)C(=NCC(=O)N1CCc2sccc2C1)NCC. The Morgan fingerprint density at radius 3 is 3.08 bits per heavy atom. The number of rotatable bonds is 9. The monoisotopic (exact) mass is 376 g/mol. The van der Waals surface area contributed by atoms with Crippen molar-refractivity contribution in [2.75, 3.05) is 33.2 Å². The van der Waals surface area contributed by atoms with E-state index in [0.29, 0.717) is 0 Å². The Hall–Kier alpha value is -1.82. The van der Waals surface area contributed by atoms with Crippen molar-refractivity contribution in [3.63, 3.8) is 0 Å². The third-order valence-corrected chi connectivity index (χ3v) is 5.65. The Bertz CT molecular complexity index is 611. The van der Waals surface area contributed by atoms with Crippen molar-refractivity contribution in [3.8, 4) is 0 Å². The molecule has 0 spiro atoms. The number of carbonyl (C=O) groups is 1. The van der Waals surface area contributed by atoms with Crippen LogP contribution in [0.3, 0.4) is 0 Å². The minimum Gasteiger partial charge on any atom is -0.357 e. The molecular formula is C20H32N4OS. The van der Waals surface area contributed by atoms with Crippen molar-refractivity contribution in [2.24, 2.45) is 4.99 Å². The van der Waals surface area contributed by atoms with Gasteiger partial charge in [0, 0.05) is 38.1 Å². The second-order valence-corrected chi connectivity index (χ2v) is 7.66. The normalized spacial score (nSPS) is 14.1. The molecule has 0 saturated carbocycles. The van der Waals surface area contributed by atoms with E-state index in [4.69, 9.17) is 0 Å². The minimum absolute atomic E-state index is 0.108. The molecule has 0 aromatic carbocycles. The largest absolute Gasteiger partial charge is 0.357 e. The number of guanidine groups is 1. The first-order chi connectivity index (χ1) is 12.7. The van der Waals surface area contributed by atoms with E-state index in [9.17, 15) is 4.79 Å². The molecule has 0 bridgehead atoms. The number of fused-ring (bicyclic) bond motifs is 1. The van der Waals surface area contributed by atoms with Crippen LogP contribution >= 0.6 is 11.3 Å². The van der Waals surface area contributed by atoms with Crippen LogP contribution in [0.5, 0.6) is 0 Å². The second-order valence-electron chi connectivity index (χ2n) is 6.66. The highest BCUT2D eigenvalue weighted by Crippen LogP contribution is 2.23. The Morgan fingerprint density at radius 1 is 1.46 bits per heavy atom. The molecule has 1 aliphatic rings. The molecule has 2 rings (SSSR count). The van der Waals surface area contributed by atoms with Crippen LogP contribution < -0.4 is 5.32 Å². The molecule has 0 saturated heterocycles. The fourth-order valence-corrected chi connectivity index (χ4v) is 3.98. The van der Waals surface area contributed by atoms with Gasteiger partial charge >= 0.3 is 0 Å². The third kappa shape index (κ3) is 6.16. The van der Waals surface area contributed by atoms with Crippen LogP contribution in [-0.4, -0.2) is 54.9 Å². The second kappa shape index (κ2) is 11.0. The Kier molecular flexibility index (Phi) is 8.68. The van der Waals surface area contributed by atoms with Crippen LogP contribution in [0.25, 0.3) is 0 Å². The van der Waals surface area contributed by atoms with Crippen LogP contribution in [0.1, 0.15) is 43.0 Å². The molecule has 2 heterocycles. The highest BCUT2D eigenvalue weighted by Gasteiger charge is 2.21. The van der Waals surface area contributed by atoms with Gasteiger partial charge in [0.1, 0.15) is 6.54 Å². The van der Waals surface area contributed by atoms with E-state index < -0.39 is 0 Å². The summed E-state index contributed by atoms with van der Waals surface area (Å²) in [5, 5.41) is 5.41. The molecule has 1 amide bonds. The number of carbonyl (C=O) groups excluding carboxylic acids is 1. The number of allylic oxidation sites excluding steroid dienone is 1. The smallest absolute Gasteiger partial charge is 0.244 e. The zero-order valence-electron chi connectivity index (χ0n) is 16.2. The van der Waals surface area contributed by atoms with Gasteiger partial charge in [0.25, 0.3) is 0 Å². The maximum Gasteiger partial charge on any atom is 0.244 e. The molecule has 5 nitrogen and oxygen atoms in total. The number of amides is 1. The molecule has 6 heteroatoms. The summed E-state index contributed by atoms with van der Waals surface area (Å²) >= 11 is 1.79. The maximum absolute atomic E-state index is 12.6. The van der Waals surface area contributed by atoms with Crippen molar-refractivity contribution in [3.05, 3.63) is 34.5 Å². The molecule has 0 atom stereocenters. The van der Waals surface area contributed by atoms with Crippen molar-refractivity contribution >= 4 is 23.2 Å². The molecule has 0 fully saturated rings. The number of thiophene rings is 1. The van der Waals surface area contributed by atoms with Gasteiger partial charge in [-0.25, -0.2) is 4.99 Å².